The van der Waals surface area contributed by atoms with Crippen LogP contribution in [-0.2, 0) is 28.5 Å². The van der Waals surface area contributed by atoms with Crippen LogP contribution in [0.15, 0.2) is 0 Å². The van der Waals surface area contributed by atoms with Crippen LogP contribution in [0.25, 0.3) is 0 Å². The van der Waals surface area contributed by atoms with Gasteiger partial charge in [0.05, 0.1) is 12.0 Å². The number of carbonyl (C=O) groups excluding carboxylic acids is 3. The Bertz CT molecular complexity index is 527. The predicted molar refractivity (Wildman–Crippen MR) is 98.1 cm³/mol. The monoisotopic (exact) mass is 387 g/mol. The maximum Gasteiger partial charge on any atom is 0.408 e. The smallest absolute Gasteiger partial charge is 0.408 e. The van der Waals surface area contributed by atoms with E-state index in [0.717, 1.165) is 0 Å². The van der Waals surface area contributed by atoms with Crippen molar-refractivity contribution >= 4 is 18.0 Å². The quantitative estimate of drug-likeness (QED) is 0.584. The molecule has 0 aromatic rings. The Hall–Kier alpha value is -1.83. The molecule has 0 aromatic heterocycles. The molecule has 1 aliphatic heterocycles. The van der Waals surface area contributed by atoms with E-state index in [-0.39, 0.29) is 24.9 Å². The van der Waals surface area contributed by atoms with Gasteiger partial charge in [0.2, 0.25) is 0 Å². The van der Waals surface area contributed by atoms with Crippen molar-refractivity contribution in [2.75, 3.05) is 6.61 Å². The van der Waals surface area contributed by atoms with Gasteiger partial charge in [0.15, 0.2) is 6.10 Å². The van der Waals surface area contributed by atoms with Gasteiger partial charge in [0.1, 0.15) is 17.7 Å². The zero-order valence-electron chi connectivity index (χ0n) is 17.4. The second-order valence-corrected chi connectivity index (χ2v) is 8.00. The van der Waals surface area contributed by atoms with E-state index >= 15 is 0 Å². The van der Waals surface area contributed by atoms with E-state index in [0.29, 0.717) is 6.42 Å². The molecule has 0 bridgehead atoms. The molecule has 1 aliphatic rings. The third kappa shape index (κ3) is 7.74. The summed E-state index contributed by atoms with van der Waals surface area (Å²) in [7, 11) is 0. The molecule has 1 rings (SSSR count). The number of amides is 1. The summed E-state index contributed by atoms with van der Waals surface area (Å²) in [5.41, 5.74) is -0.681. The second kappa shape index (κ2) is 9.92. The molecule has 1 fully saturated rings. The molecule has 1 heterocycles. The zero-order valence-corrected chi connectivity index (χ0v) is 17.4. The molecule has 0 spiro atoms. The normalized spacial score (nSPS) is 27.0. The number of alkyl carbamates (subject to hydrolysis) is 1. The van der Waals surface area contributed by atoms with E-state index in [1.54, 1.807) is 41.5 Å². The Kier molecular flexibility index (Phi) is 8.53. The van der Waals surface area contributed by atoms with Crippen molar-refractivity contribution in [3.63, 3.8) is 0 Å². The molecule has 1 N–H and O–H groups in total. The Morgan fingerprint density at radius 1 is 1.30 bits per heavy atom. The average molecular weight is 387 g/mol. The van der Waals surface area contributed by atoms with Crippen LogP contribution in [-0.4, -0.2) is 54.6 Å². The van der Waals surface area contributed by atoms with Gasteiger partial charge >= 0.3 is 18.0 Å². The SMILES string of the molecule is CC[C@H]1OCC[C@H](NC(=O)OC(C)(C)C)C(=O)O[C@@H](C)[C@@H]1OC(=O)C(C)C. The topological polar surface area (TPSA) is 100 Å². The molecule has 0 saturated carbocycles. The van der Waals surface area contributed by atoms with Gasteiger partial charge in [-0.3, -0.25) is 4.79 Å². The van der Waals surface area contributed by atoms with Gasteiger partial charge in [-0.15, -0.1) is 0 Å². The van der Waals surface area contributed by atoms with Crippen LogP contribution in [0.1, 0.15) is 61.3 Å². The van der Waals surface area contributed by atoms with Gasteiger partial charge in [-0.25, -0.2) is 9.59 Å². The molecular formula is C19H33NO7. The van der Waals surface area contributed by atoms with E-state index in [1.165, 1.54) is 0 Å². The molecule has 0 aromatic carbocycles. The fourth-order valence-corrected chi connectivity index (χ4v) is 2.56. The minimum atomic E-state index is -0.903. The van der Waals surface area contributed by atoms with Crippen molar-refractivity contribution in [2.24, 2.45) is 5.92 Å². The molecule has 1 saturated heterocycles. The molecule has 4 atom stereocenters. The molecule has 0 unspecified atom stereocenters. The van der Waals surface area contributed by atoms with E-state index in [2.05, 4.69) is 5.32 Å². The fourth-order valence-electron chi connectivity index (χ4n) is 2.56. The predicted octanol–water partition coefficient (Wildman–Crippen LogP) is 2.58. The minimum absolute atomic E-state index is 0.205. The van der Waals surface area contributed by atoms with Crippen LogP contribution in [0, 0.1) is 5.92 Å². The summed E-state index contributed by atoms with van der Waals surface area (Å²) in [4.78, 5) is 36.5. The molecular weight excluding hydrogens is 354 g/mol. The molecule has 27 heavy (non-hydrogen) atoms. The van der Waals surface area contributed by atoms with Gasteiger partial charge in [-0.05, 0) is 34.1 Å². The number of carbonyl (C=O) groups is 3. The highest BCUT2D eigenvalue weighted by Crippen LogP contribution is 2.20. The molecule has 8 heteroatoms. The molecule has 8 nitrogen and oxygen atoms in total. The summed E-state index contributed by atoms with van der Waals surface area (Å²) in [5.74, 6) is -1.30. The highest BCUT2D eigenvalue weighted by atomic mass is 16.6. The standard InChI is InChI=1S/C19H33NO7/c1-8-14-15(26-16(21)11(2)3)12(4)25-17(22)13(9-10-24-14)20-18(23)27-19(5,6)7/h11-15H,8-10H2,1-7H3,(H,20,23)/t12-,13-,14+,15-/m0/s1. The number of ether oxygens (including phenoxy) is 4. The van der Waals surface area contributed by atoms with E-state index in [1.807, 2.05) is 6.92 Å². The summed E-state index contributed by atoms with van der Waals surface area (Å²) < 4.78 is 22.0. The van der Waals surface area contributed by atoms with Crippen molar-refractivity contribution in [1.82, 2.24) is 5.32 Å². The Morgan fingerprint density at radius 2 is 1.93 bits per heavy atom. The summed E-state index contributed by atoms with van der Waals surface area (Å²) in [6, 6.07) is -0.903. The highest BCUT2D eigenvalue weighted by molar-refractivity contribution is 5.81. The van der Waals surface area contributed by atoms with Crippen LogP contribution >= 0.6 is 0 Å². The second-order valence-electron chi connectivity index (χ2n) is 8.00. The van der Waals surface area contributed by atoms with Gasteiger partial charge in [0, 0.05) is 13.0 Å². The zero-order chi connectivity index (χ0) is 20.8. The van der Waals surface area contributed by atoms with Gasteiger partial charge < -0.3 is 24.3 Å². The Morgan fingerprint density at radius 3 is 2.44 bits per heavy atom. The fraction of sp³-hybridized carbons (Fsp3) is 0.842. The first kappa shape index (κ1) is 23.2. The largest absolute Gasteiger partial charge is 0.457 e. The summed E-state index contributed by atoms with van der Waals surface area (Å²) >= 11 is 0. The van der Waals surface area contributed by atoms with Gasteiger partial charge in [-0.1, -0.05) is 20.8 Å². The third-order valence-electron chi connectivity index (χ3n) is 3.97. The Balaban J connectivity index is 2.87. The number of rotatable bonds is 4. The van der Waals surface area contributed by atoms with Crippen molar-refractivity contribution < 1.29 is 33.3 Å². The highest BCUT2D eigenvalue weighted by Gasteiger charge is 2.37. The first-order valence-corrected chi connectivity index (χ1v) is 9.46. The maximum atomic E-state index is 12.5. The Labute approximate surface area is 161 Å². The first-order chi connectivity index (χ1) is 12.4. The number of nitrogens with one attached hydrogen (secondary N) is 1. The summed E-state index contributed by atoms with van der Waals surface area (Å²) in [6.07, 6.45) is -1.73. The summed E-state index contributed by atoms with van der Waals surface area (Å²) in [6.45, 7) is 12.4. The van der Waals surface area contributed by atoms with E-state index in [4.69, 9.17) is 18.9 Å². The number of hydrogen-bond donors (Lipinski definition) is 1. The van der Waals surface area contributed by atoms with Gasteiger partial charge in [-0.2, -0.15) is 0 Å². The molecule has 0 aliphatic carbocycles. The van der Waals surface area contributed by atoms with Gasteiger partial charge in [0.25, 0.3) is 0 Å². The lowest BCUT2D eigenvalue weighted by molar-refractivity contribution is -0.179. The van der Waals surface area contributed by atoms with Crippen molar-refractivity contribution in [1.29, 1.82) is 0 Å². The van der Waals surface area contributed by atoms with Crippen molar-refractivity contribution in [3.8, 4) is 0 Å². The molecule has 1 amide bonds. The molecule has 156 valence electrons. The van der Waals surface area contributed by atoms with Crippen LogP contribution < -0.4 is 5.32 Å². The van der Waals surface area contributed by atoms with Crippen LogP contribution in [0.3, 0.4) is 0 Å². The van der Waals surface area contributed by atoms with Crippen molar-refractivity contribution in [3.05, 3.63) is 0 Å². The first-order valence-electron chi connectivity index (χ1n) is 9.46. The van der Waals surface area contributed by atoms with Crippen molar-refractivity contribution in [2.45, 2.75) is 91.3 Å². The van der Waals surface area contributed by atoms with Crippen LogP contribution in [0.4, 0.5) is 4.79 Å². The summed E-state index contributed by atoms with van der Waals surface area (Å²) in [5, 5.41) is 2.52. The van der Waals surface area contributed by atoms with E-state index < -0.39 is 42.0 Å². The number of cyclic esters (lactones) is 1. The molecule has 0 radical (unpaired) electrons. The number of esters is 2. The average Bonchev–Trinajstić information content (AvgIpc) is 2.57. The lowest BCUT2D eigenvalue weighted by atomic mass is 10.1. The maximum absolute atomic E-state index is 12.5. The minimum Gasteiger partial charge on any atom is -0.457 e. The van der Waals surface area contributed by atoms with Crippen LogP contribution in [0.2, 0.25) is 0 Å². The lowest BCUT2D eigenvalue weighted by Crippen LogP contribution is -2.47. The number of hydrogen-bond acceptors (Lipinski definition) is 7. The lowest BCUT2D eigenvalue weighted by Gasteiger charge is -2.30. The third-order valence-corrected chi connectivity index (χ3v) is 3.97. The van der Waals surface area contributed by atoms with E-state index in [9.17, 15) is 14.4 Å². The van der Waals surface area contributed by atoms with Crippen LogP contribution in [0.5, 0.6) is 0 Å².